The molecule has 4 atom stereocenters. The maximum absolute atomic E-state index is 12.1. The Hall–Kier alpha value is -1.10. The topological polar surface area (TPSA) is 59.8 Å². The number of hydrogen-bond acceptors (Lipinski definition) is 3. The molecule has 28 heavy (non-hydrogen) atoms. The van der Waals surface area contributed by atoms with E-state index in [1.165, 1.54) is 51.6 Å². The van der Waals surface area contributed by atoms with Crippen molar-refractivity contribution >= 4 is 11.9 Å². The van der Waals surface area contributed by atoms with Gasteiger partial charge in [-0.15, -0.1) is 0 Å². The van der Waals surface area contributed by atoms with Crippen molar-refractivity contribution in [1.82, 2.24) is 5.32 Å². The summed E-state index contributed by atoms with van der Waals surface area (Å²) in [6.45, 7) is 9.67. The zero-order valence-electron chi connectivity index (χ0n) is 18.4. The van der Waals surface area contributed by atoms with Gasteiger partial charge in [0.05, 0.1) is 25.7 Å². The molecule has 2 heterocycles. The Morgan fingerprint density at radius 3 is 2.57 bits per heavy atom. The summed E-state index contributed by atoms with van der Waals surface area (Å²) in [4.78, 5) is 25.9. The molecule has 0 saturated carbocycles. The predicted molar refractivity (Wildman–Crippen MR) is 112 cm³/mol. The first kappa shape index (κ1) is 23.2. The molecule has 2 saturated heterocycles. The number of nitrogens with one attached hydrogen (secondary N) is 2. The Kier molecular flexibility index (Phi) is 10.3. The van der Waals surface area contributed by atoms with E-state index in [0.29, 0.717) is 43.7 Å². The van der Waals surface area contributed by atoms with Gasteiger partial charge in [-0.05, 0) is 57.8 Å². The van der Waals surface area contributed by atoms with Crippen molar-refractivity contribution in [2.75, 3.05) is 19.7 Å². The number of hydrogen-bond donors (Lipinski definition) is 2. The molecule has 1 amide bonds. The molecule has 0 aromatic rings. The van der Waals surface area contributed by atoms with Gasteiger partial charge < -0.3 is 15.0 Å². The first-order valence-corrected chi connectivity index (χ1v) is 11.7. The third-order valence-electron chi connectivity index (χ3n) is 6.50. The van der Waals surface area contributed by atoms with Gasteiger partial charge in [0.25, 0.3) is 0 Å². The van der Waals surface area contributed by atoms with E-state index < -0.39 is 0 Å². The Bertz CT molecular complexity index is 478. The first-order valence-electron chi connectivity index (χ1n) is 11.7. The number of ether oxygens (including phenoxy) is 1. The van der Waals surface area contributed by atoms with Crippen LogP contribution in [0.4, 0.5) is 0 Å². The zero-order chi connectivity index (χ0) is 20.4. The predicted octanol–water partition coefficient (Wildman–Crippen LogP) is 2.88. The van der Waals surface area contributed by atoms with Gasteiger partial charge in [0.1, 0.15) is 0 Å². The molecule has 0 spiro atoms. The summed E-state index contributed by atoms with van der Waals surface area (Å²) in [6.07, 6.45) is 11.1. The second-order valence-corrected chi connectivity index (χ2v) is 9.49. The molecular formula is C23H43N2O3+. The number of quaternary nitrogens is 1. The van der Waals surface area contributed by atoms with Crippen molar-refractivity contribution in [1.29, 1.82) is 0 Å². The zero-order valence-corrected chi connectivity index (χ0v) is 18.4. The van der Waals surface area contributed by atoms with Crippen LogP contribution in [0.25, 0.3) is 0 Å². The standard InChI is InChI=1S/C23H42N2O3/c1-18(2)9-6-10-19(3)24-22(26)13-7-14-23(27)28-17-20-11-8-16-25-15-5-4-12-21(20)25/h18-21H,4-17H2,1-3H3,(H,24,26)/p+1/t19-,20-,21+/m0/s1. The van der Waals surface area contributed by atoms with Crippen LogP contribution in [0.5, 0.6) is 0 Å². The molecule has 5 heteroatoms. The third-order valence-corrected chi connectivity index (χ3v) is 6.50. The van der Waals surface area contributed by atoms with Crippen molar-refractivity contribution in [3.05, 3.63) is 0 Å². The van der Waals surface area contributed by atoms with E-state index in [9.17, 15) is 9.59 Å². The van der Waals surface area contributed by atoms with E-state index in [1.54, 1.807) is 4.90 Å². The average molecular weight is 396 g/mol. The largest absolute Gasteiger partial charge is 0.465 e. The van der Waals surface area contributed by atoms with Crippen LogP contribution in [0.15, 0.2) is 0 Å². The maximum atomic E-state index is 12.1. The van der Waals surface area contributed by atoms with Gasteiger partial charge in [0, 0.05) is 24.8 Å². The molecule has 2 fully saturated rings. The summed E-state index contributed by atoms with van der Waals surface area (Å²) in [5.41, 5.74) is 0. The molecule has 0 bridgehead atoms. The Labute approximate surface area is 172 Å². The lowest BCUT2D eigenvalue weighted by Gasteiger charge is -2.41. The van der Waals surface area contributed by atoms with Crippen LogP contribution in [-0.2, 0) is 14.3 Å². The molecule has 1 unspecified atom stereocenters. The van der Waals surface area contributed by atoms with Crippen LogP contribution in [0.2, 0.25) is 0 Å². The van der Waals surface area contributed by atoms with Crippen LogP contribution in [0, 0.1) is 11.8 Å². The van der Waals surface area contributed by atoms with E-state index in [0.717, 1.165) is 12.8 Å². The monoisotopic (exact) mass is 395 g/mol. The van der Waals surface area contributed by atoms with Gasteiger partial charge in [-0.1, -0.05) is 26.7 Å². The summed E-state index contributed by atoms with van der Waals surface area (Å²) in [7, 11) is 0. The molecule has 2 rings (SSSR count). The van der Waals surface area contributed by atoms with Gasteiger partial charge in [-0.2, -0.15) is 0 Å². The number of carbonyl (C=O) groups is 2. The fraction of sp³-hybridized carbons (Fsp3) is 0.913. The second-order valence-electron chi connectivity index (χ2n) is 9.49. The molecule has 0 aromatic heterocycles. The van der Waals surface area contributed by atoms with Crippen LogP contribution < -0.4 is 10.2 Å². The minimum Gasteiger partial charge on any atom is -0.465 e. The van der Waals surface area contributed by atoms with Crippen LogP contribution in [-0.4, -0.2) is 43.7 Å². The maximum Gasteiger partial charge on any atom is 0.305 e. The SMILES string of the molecule is CC(C)CCC[C@H](C)NC(=O)CCCC(=O)OC[C@@H]1CCC[NH+]2CCCC[C@H]12. The van der Waals surface area contributed by atoms with Crippen LogP contribution in [0.1, 0.15) is 91.4 Å². The quantitative estimate of drug-likeness (QED) is 0.529. The normalized spacial score (nSPS) is 25.8. The van der Waals surface area contributed by atoms with Crippen molar-refractivity contribution < 1.29 is 19.2 Å². The van der Waals surface area contributed by atoms with Crippen LogP contribution in [0.3, 0.4) is 0 Å². The van der Waals surface area contributed by atoms with Crippen molar-refractivity contribution in [2.45, 2.75) is 103 Å². The molecule has 0 radical (unpaired) electrons. The number of carbonyl (C=O) groups excluding carboxylic acids is 2. The molecular weight excluding hydrogens is 352 g/mol. The summed E-state index contributed by atoms with van der Waals surface area (Å²) >= 11 is 0. The highest BCUT2D eigenvalue weighted by molar-refractivity contribution is 5.77. The van der Waals surface area contributed by atoms with Crippen molar-refractivity contribution in [3.8, 4) is 0 Å². The second kappa shape index (κ2) is 12.5. The van der Waals surface area contributed by atoms with Crippen LogP contribution >= 0.6 is 0 Å². The lowest BCUT2D eigenvalue weighted by Crippen LogP contribution is -3.18. The first-order chi connectivity index (χ1) is 13.5. The lowest BCUT2D eigenvalue weighted by molar-refractivity contribution is -0.940. The highest BCUT2D eigenvalue weighted by atomic mass is 16.5. The number of piperidine rings is 2. The Morgan fingerprint density at radius 2 is 1.79 bits per heavy atom. The molecule has 2 N–H and O–H groups in total. The van der Waals surface area contributed by atoms with Gasteiger partial charge in [-0.3, -0.25) is 9.59 Å². The van der Waals surface area contributed by atoms with Gasteiger partial charge in [0.2, 0.25) is 5.91 Å². The van der Waals surface area contributed by atoms with Gasteiger partial charge in [0.15, 0.2) is 0 Å². The number of rotatable bonds is 11. The Morgan fingerprint density at radius 1 is 1.00 bits per heavy atom. The summed E-state index contributed by atoms with van der Waals surface area (Å²) < 4.78 is 5.58. The van der Waals surface area contributed by atoms with E-state index in [1.807, 2.05) is 0 Å². The lowest BCUT2D eigenvalue weighted by atomic mass is 9.84. The molecule has 5 nitrogen and oxygen atoms in total. The highest BCUT2D eigenvalue weighted by Gasteiger charge is 2.37. The minimum atomic E-state index is -0.138. The molecule has 2 aliphatic rings. The van der Waals surface area contributed by atoms with E-state index in [2.05, 4.69) is 26.1 Å². The van der Waals surface area contributed by atoms with Gasteiger partial charge in [-0.25, -0.2) is 0 Å². The molecule has 2 aliphatic heterocycles. The summed E-state index contributed by atoms with van der Waals surface area (Å²) in [5.74, 6) is 1.16. The smallest absolute Gasteiger partial charge is 0.305 e. The average Bonchev–Trinajstić information content (AvgIpc) is 2.66. The fourth-order valence-electron chi connectivity index (χ4n) is 4.89. The number of esters is 1. The van der Waals surface area contributed by atoms with E-state index >= 15 is 0 Å². The number of fused-ring (bicyclic) bond motifs is 1. The molecule has 0 aliphatic carbocycles. The summed E-state index contributed by atoms with van der Waals surface area (Å²) in [6, 6.07) is 0.906. The molecule has 162 valence electrons. The highest BCUT2D eigenvalue weighted by Crippen LogP contribution is 2.21. The number of amides is 1. The molecule has 0 aromatic carbocycles. The van der Waals surface area contributed by atoms with Crippen molar-refractivity contribution in [3.63, 3.8) is 0 Å². The van der Waals surface area contributed by atoms with E-state index in [-0.39, 0.29) is 17.9 Å². The minimum absolute atomic E-state index is 0.0542. The van der Waals surface area contributed by atoms with E-state index in [4.69, 9.17) is 4.74 Å². The fourth-order valence-corrected chi connectivity index (χ4v) is 4.89. The Balaban J connectivity index is 1.55. The summed E-state index contributed by atoms with van der Waals surface area (Å²) in [5, 5.41) is 3.05. The van der Waals surface area contributed by atoms with Gasteiger partial charge >= 0.3 is 5.97 Å². The van der Waals surface area contributed by atoms with Crippen molar-refractivity contribution in [2.24, 2.45) is 11.8 Å². The third kappa shape index (κ3) is 8.50.